The molecular weight excluding hydrogens is 304 g/mol. The second-order valence-corrected chi connectivity index (χ2v) is 6.33. The molecule has 126 valence electrons. The van der Waals surface area contributed by atoms with E-state index in [1.807, 2.05) is 56.3 Å². The molecule has 1 aromatic heterocycles. The number of aliphatic hydroxyl groups is 1. The second kappa shape index (κ2) is 6.53. The number of carbonyl (C=O) groups is 1. The third-order valence-electron chi connectivity index (χ3n) is 3.98. The summed E-state index contributed by atoms with van der Waals surface area (Å²) in [7, 11) is 0. The van der Waals surface area contributed by atoms with E-state index in [1.54, 1.807) is 11.8 Å². The largest absolute Gasteiger partial charge is 0.456 e. The highest BCUT2D eigenvalue weighted by molar-refractivity contribution is 6.06. The number of nitrogens with one attached hydrogen (secondary N) is 1. The molecule has 3 aromatic rings. The number of hydrogen-bond acceptors (Lipinski definition) is 3. The van der Waals surface area contributed by atoms with Crippen LogP contribution in [-0.2, 0) is 0 Å². The second-order valence-electron chi connectivity index (χ2n) is 6.33. The van der Waals surface area contributed by atoms with Gasteiger partial charge in [0.15, 0.2) is 0 Å². The number of rotatable bonds is 4. The van der Waals surface area contributed by atoms with Gasteiger partial charge in [0.05, 0.1) is 6.10 Å². The molecule has 5 heteroatoms. The molecule has 1 heterocycles. The van der Waals surface area contributed by atoms with Crippen LogP contribution < -0.4 is 5.32 Å². The van der Waals surface area contributed by atoms with Crippen molar-refractivity contribution in [1.29, 1.82) is 0 Å². The van der Waals surface area contributed by atoms with Gasteiger partial charge in [-0.1, -0.05) is 18.2 Å². The van der Waals surface area contributed by atoms with Crippen LogP contribution in [0.5, 0.6) is 0 Å². The summed E-state index contributed by atoms with van der Waals surface area (Å²) in [4.78, 5) is 14.1. The highest BCUT2D eigenvalue weighted by Gasteiger charge is 2.19. The molecule has 1 unspecified atom stereocenters. The number of amides is 2. The first-order valence-corrected chi connectivity index (χ1v) is 8.12. The first-order valence-electron chi connectivity index (χ1n) is 8.12. The Morgan fingerprint density at radius 1 is 1.12 bits per heavy atom. The highest BCUT2D eigenvalue weighted by atomic mass is 16.3. The van der Waals surface area contributed by atoms with Crippen LogP contribution in [0.4, 0.5) is 10.5 Å². The molecule has 3 rings (SSSR count). The molecule has 2 amide bonds. The molecule has 0 radical (unpaired) electrons. The molecule has 1 atom stereocenters. The number of anilines is 1. The number of carbonyl (C=O) groups excluding carboxylic acids is 1. The van der Waals surface area contributed by atoms with E-state index in [-0.39, 0.29) is 18.6 Å². The molecular formula is C19H22N2O3. The van der Waals surface area contributed by atoms with Crippen molar-refractivity contribution in [3.63, 3.8) is 0 Å². The Labute approximate surface area is 140 Å². The smallest absolute Gasteiger partial charge is 0.322 e. The lowest BCUT2D eigenvalue weighted by Gasteiger charge is -2.28. The van der Waals surface area contributed by atoms with Gasteiger partial charge < -0.3 is 19.7 Å². The third kappa shape index (κ3) is 3.21. The molecule has 24 heavy (non-hydrogen) atoms. The van der Waals surface area contributed by atoms with Gasteiger partial charge in [-0.3, -0.25) is 0 Å². The van der Waals surface area contributed by atoms with Crippen LogP contribution in [0.1, 0.15) is 20.8 Å². The van der Waals surface area contributed by atoms with E-state index in [9.17, 15) is 9.90 Å². The number of fused-ring (bicyclic) bond motifs is 3. The van der Waals surface area contributed by atoms with Gasteiger partial charge in [0, 0.05) is 35.1 Å². The topological polar surface area (TPSA) is 65.7 Å². The molecule has 2 N–H and O–H groups in total. The fourth-order valence-corrected chi connectivity index (χ4v) is 2.81. The van der Waals surface area contributed by atoms with Crippen molar-refractivity contribution >= 4 is 33.7 Å². The Kier molecular flexibility index (Phi) is 4.44. The quantitative estimate of drug-likeness (QED) is 0.755. The molecule has 0 fully saturated rings. The Bertz CT molecular complexity index is 867. The summed E-state index contributed by atoms with van der Waals surface area (Å²) in [6.07, 6.45) is -0.573. The lowest BCUT2D eigenvalue weighted by atomic mass is 10.1. The number of hydrogen-bond donors (Lipinski definition) is 2. The molecule has 0 aliphatic rings. The molecule has 5 nitrogen and oxygen atoms in total. The zero-order valence-electron chi connectivity index (χ0n) is 14.1. The van der Waals surface area contributed by atoms with Gasteiger partial charge in [0.2, 0.25) is 0 Å². The number of aliphatic hydroxyl groups excluding tert-OH is 1. The predicted octanol–water partition coefficient (Wildman–Crippen LogP) is 4.21. The minimum Gasteiger partial charge on any atom is -0.456 e. The Balaban J connectivity index is 1.86. The zero-order valence-corrected chi connectivity index (χ0v) is 14.1. The summed E-state index contributed by atoms with van der Waals surface area (Å²) < 4.78 is 5.84. The van der Waals surface area contributed by atoms with Gasteiger partial charge in [0.1, 0.15) is 11.2 Å². The Morgan fingerprint density at radius 3 is 2.54 bits per heavy atom. The van der Waals surface area contributed by atoms with Crippen LogP contribution >= 0.6 is 0 Å². The van der Waals surface area contributed by atoms with Crippen LogP contribution in [-0.4, -0.2) is 34.7 Å². The van der Waals surface area contributed by atoms with Gasteiger partial charge in [-0.25, -0.2) is 4.79 Å². The van der Waals surface area contributed by atoms with Crippen LogP contribution in [0.3, 0.4) is 0 Å². The average molecular weight is 326 g/mol. The maximum absolute atomic E-state index is 12.5. The molecule has 0 aliphatic carbocycles. The lowest BCUT2D eigenvalue weighted by molar-refractivity contribution is 0.125. The summed E-state index contributed by atoms with van der Waals surface area (Å²) in [5.74, 6) is 0. The van der Waals surface area contributed by atoms with Gasteiger partial charge in [-0.15, -0.1) is 0 Å². The average Bonchev–Trinajstić information content (AvgIpc) is 2.89. The number of nitrogens with zero attached hydrogens (tertiary/aromatic N) is 1. The number of benzene rings is 2. The van der Waals surface area contributed by atoms with Crippen molar-refractivity contribution in [2.75, 3.05) is 11.9 Å². The van der Waals surface area contributed by atoms with E-state index < -0.39 is 6.10 Å². The maximum Gasteiger partial charge on any atom is 0.322 e. The van der Waals surface area contributed by atoms with Gasteiger partial charge in [-0.2, -0.15) is 0 Å². The van der Waals surface area contributed by atoms with E-state index in [0.29, 0.717) is 5.69 Å². The van der Waals surface area contributed by atoms with E-state index in [1.165, 1.54) is 0 Å². The lowest BCUT2D eigenvalue weighted by Crippen LogP contribution is -2.43. The molecule has 0 aliphatic heterocycles. The summed E-state index contributed by atoms with van der Waals surface area (Å²) in [6.45, 7) is 5.80. The Hall–Kier alpha value is -2.53. The monoisotopic (exact) mass is 326 g/mol. The van der Waals surface area contributed by atoms with Gasteiger partial charge in [0.25, 0.3) is 0 Å². The SMILES string of the molecule is CC(O)CN(C(=O)Nc1ccc2c(c1)oc1ccccc12)C(C)C. The first kappa shape index (κ1) is 16.3. The van der Waals surface area contributed by atoms with E-state index in [0.717, 1.165) is 21.9 Å². The molecule has 0 saturated heterocycles. The van der Waals surface area contributed by atoms with Crippen LogP contribution in [0.25, 0.3) is 21.9 Å². The predicted molar refractivity (Wildman–Crippen MR) is 96.3 cm³/mol. The van der Waals surface area contributed by atoms with Crippen molar-refractivity contribution < 1.29 is 14.3 Å². The third-order valence-corrected chi connectivity index (χ3v) is 3.98. The van der Waals surface area contributed by atoms with Crippen molar-refractivity contribution in [1.82, 2.24) is 4.90 Å². The van der Waals surface area contributed by atoms with Crippen molar-refractivity contribution in [3.05, 3.63) is 42.5 Å². The molecule has 0 bridgehead atoms. The molecule has 0 saturated carbocycles. The van der Waals surface area contributed by atoms with E-state index in [4.69, 9.17) is 4.42 Å². The normalized spacial score (nSPS) is 12.7. The van der Waals surface area contributed by atoms with E-state index in [2.05, 4.69) is 5.32 Å². The van der Waals surface area contributed by atoms with Gasteiger partial charge >= 0.3 is 6.03 Å². The molecule has 0 spiro atoms. The van der Waals surface area contributed by atoms with E-state index >= 15 is 0 Å². The summed E-state index contributed by atoms with van der Waals surface area (Å²) in [6, 6.07) is 13.3. The molecule has 2 aromatic carbocycles. The first-order chi connectivity index (χ1) is 11.5. The minimum atomic E-state index is -0.573. The van der Waals surface area contributed by atoms with Crippen LogP contribution in [0.2, 0.25) is 0 Å². The van der Waals surface area contributed by atoms with Crippen molar-refractivity contribution in [3.8, 4) is 0 Å². The zero-order chi connectivity index (χ0) is 17.3. The summed E-state index contributed by atoms with van der Waals surface area (Å²) in [5.41, 5.74) is 2.23. The van der Waals surface area contributed by atoms with Crippen molar-refractivity contribution in [2.45, 2.75) is 32.9 Å². The number of urea groups is 1. The fraction of sp³-hybridized carbons (Fsp3) is 0.316. The number of furan rings is 1. The maximum atomic E-state index is 12.5. The van der Waals surface area contributed by atoms with Crippen molar-refractivity contribution in [2.24, 2.45) is 0 Å². The summed E-state index contributed by atoms with van der Waals surface area (Å²) in [5, 5.41) is 14.5. The van der Waals surface area contributed by atoms with Crippen LogP contribution in [0, 0.1) is 0 Å². The summed E-state index contributed by atoms with van der Waals surface area (Å²) >= 11 is 0. The highest BCUT2D eigenvalue weighted by Crippen LogP contribution is 2.30. The van der Waals surface area contributed by atoms with Crippen LogP contribution in [0.15, 0.2) is 46.9 Å². The fourth-order valence-electron chi connectivity index (χ4n) is 2.81. The number of para-hydroxylation sites is 1. The standard InChI is InChI=1S/C19H22N2O3/c1-12(2)21(11-13(3)22)19(23)20-14-8-9-16-15-6-4-5-7-17(15)24-18(16)10-14/h4-10,12-13,22H,11H2,1-3H3,(H,20,23). The Morgan fingerprint density at radius 2 is 1.83 bits per heavy atom. The van der Waals surface area contributed by atoms with Gasteiger partial charge in [-0.05, 0) is 39.0 Å². The minimum absolute atomic E-state index is 0.00506.